The molecule has 2 bridgehead atoms. The van der Waals surface area contributed by atoms with Gasteiger partial charge in [0.25, 0.3) is 0 Å². The Labute approximate surface area is 250 Å². The van der Waals surface area contributed by atoms with Crippen LogP contribution in [0.1, 0.15) is 71.2 Å². The summed E-state index contributed by atoms with van der Waals surface area (Å²) in [7, 11) is 1.28. The van der Waals surface area contributed by atoms with E-state index in [-0.39, 0.29) is 29.7 Å². The summed E-state index contributed by atoms with van der Waals surface area (Å²) >= 11 is 0. The predicted octanol–water partition coefficient (Wildman–Crippen LogP) is 6.75. The number of nitrogens with zero attached hydrogens (tertiary/aromatic N) is 2. The molecule has 1 aromatic heterocycles. The summed E-state index contributed by atoms with van der Waals surface area (Å²) < 4.78 is 20.2. The zero-order valence-corrected chi connectivity index (χ0v) is 25.1. The Kier molecular flexibility index (Phi) is 8.98. The Morgan fingerprint density at radius 3 is 2.77 bits per heavy atom. The Morgan fingerprint density at radius 2 is 2.00 bits per heavy atom. The number of rotatable bonds is 3. The second-order valence-electron chi connectivity index (χ2n) is 11.5. The summed E-state index contributed by atoms with van der Waals surface area (Å²) in [6.45, 7) is 6.01. The van der Waals surface area contributed by atoms with Gasteiger partial charge in [-0.2, -0.15) is 0 Å². The number of aromatic amines is 1. The molecule has 3 atom stereocenters. The van der Waals surface area contributed by atoms with Crippen molar-refractivity contribution in [3.63, 3.8) is 0 Å². The number of carbonyl (C=O) groups is 3. The minimum absolute atomic E-state index is 0.144. The van der Waals surface area contributed by atoms with E-state index in [4.69, 9.17) is 4.74 Å². The SMILES string of the molecule is COC(=O)Nc1ccc2c(c1)NC(=O)C(C)CCCC(N1CCC(C3=C(C)CCC=CC(C)=C3F)NC1=O)c1ncc-2[nH]1. The fourth-order valence-corrected chi connectivity index (χ4v) is 6.02. The summed E-state index contributed by atoms with van der Waals surface area (Å²) in [5.74, 6) is -0.0495. The quantitative estimate of drug-likeness (QED) is 0.314. The van der Waals surface area contributed by atoms with E-state index in [9.17, 15) is 14.4 Å². The molecular formula is C32H39FN6O4. The largest absolute Gasteiger partial charge is 0.453 e. The molecule has 2 aromatic rings. The summed E-state index contributed by atoms with van der Waals surface area (Å²) in [6, 6.07) is 4.14. The number of allylic oxidation sites excluding steroid dienone is 4. The number of ether oxygens (including phenoxy) is 1. The smallest absolute Gasteiger partial charge is 0.411 e. The van der Waals surface area contributed by atoms with E-state index in [2.05, 4.69) is 25.9 Å². The van der Waals surface area contributed by atoms with Gasteiger partial charge in [-0.25, -0.2) is 19.0 Å². The maximum Gasteiger partial charge on any atom is 0.411 e. The van der Waals surface area contributed by atoms with Crippen molar-refractivity contribution in [2.24, 2.45) is 5.92 Å². The van der Waals surface area contributed by atoms with E-state index >= 15 is 4.39 Å². The van der Waals surface area contributed by atoms with Crippen molar-refractivity contribution < 1.29 is 23.5 Å². The molecule has 5 rings (SSSR count). The van der Waals surface area contributed by atoms with Gasteiger partial charge in [0.1, 0.15) is 11.7 Å². The molecule has 11 heteroatoms. The van der Waals surface area contributed by atoms with Crippen molar-refractivity contribution in [3.8, 4) is 11.3 Å². The highest BCUT2D eigenvalue weighted by Crippen LogP contribution is 2.36. The molecule has 1 aromatic carbocycles. The first-order valence-electron chi connectivity index (χ1n) is 14.8. The molecular weight excluding hydrogens is 551 g/mol. The number of halogens is 1. The van der Waals surface area contributed by atoms with Crippen LogP contribution in [0.25, 0.3) is 11.3 Å². The second kappa shape index (κ2) is 12.8. The van der Waals surface area contributed by atoms with Crippen molar-refractivity contribution in [2.45, 2.75) is 71.4 Å². The first-order chi connectivity index (χ1) is 20.7. The maximum absolute atomic E-state index is 15.5. The average molecular weight is 591 g/mol. The van der Waals surface area contributed by atoms with Crippen molar-refractivity contribution in [3.05, 3.63) is 64.9 Å². The zero-order valence-electron chi connectivity index (χ0n) is 25.1. The van der Waals surface area contributed by atoms with Gasteiger partial charge < -0.3 is 25.3 Å². The van der Waals surface area contributed by atoms with Crippen LogP contribution in [-0.4, -0.2) is 52.6 Å². The molecule has 3 unspecified atom stereocenters. The maximum atomic E-state index is 15.5. The van der Waals surface area contributed by atoms with Gasteiger partial charge in [0.2, 0.25) is 5.91 Å². The highest BCUT2D eigenvalue weighted by Gasteiger charge is 2.36. The first kappa shape index (κ1) is 30.1. The van der Waals surface area contributed by atoms with Crippen LogP contribution in [0, 0.1) is 5.92 Å². The fourth-order valence-electron chi connectivity index (χ4n) is 6.02. The third kappa shape index (κ3) is 6.50. The lowest BCUT2D eigenvalue weighted by Crippen LogP contribution is -2.53. The van der Waals surface area contributed by atoms with Crippen LogP contribution in [0.15, 0.2) is 59.1 Å². The van der Waals surface area contributed by atoms with Crippen LogP contribution in [0.5, 0.6) is 0 Å². The lowest BCUT2D eigenvalue weighted by Gasteiger charge is -2.39. The van der Waals surface area contributed by atoms with Crippen LogP contribution in [0.3, 0.4) is 0 Å². The second-order valence-corrected chi connectivity index (χ2v) is 11.5. The molecule has 228 valence electrons. The molecule has 4 amide bonds. The summed E-state index contributed by atoms with van der Waals surface area (Å²) in [6.07, 6.45) is 8.91. The number of hydrogen-bond acceptors (Lipinski definition) is 5. The van der Waals surface area contributed by atoms with Crippen molar-refractivity contribution in [1.29, 1.82) is 0 Å². The Bertz CT molecular complexity index is 1510. The van der Waals surface area contributed by atoms with Gasteiger partial charge in [0.05, 0.1) is 36.8 Å². The van der Waals surface area contributed by atoms with Crippen molar-refractivity contribution in [2.75, 3.05) is 24.3 Å². The minimum Gasteiger partial charge on any atom is -0.453 e. The van der Waals surface area contributed by atoms with Gasteiger partial charge in [-0.05, 0) is 69.7 Å². The highest BCUT2D eigenvalue weighted by molar-refractivity contribution is 5.98. The molecule has 0 radical (unpaired) electrons. The third-order valence-electron chi connectivity index (χ3n) is 8.51. The molecule has 0 saturated carbocycles. The Hall–Kier alpha value is -4.41. The number of urea groups is 1. The molecule has 1 aliphatic carbocycles. The number of carbonyl (C=O) groups excluding carboxylic acids is 3. The molecule has 3 aliphatic rings. The number of anilines is 2. The van der Waals surface area contributed by atoms with Gasteiger partial charge >= 0.3 is 12.1 Å². The van der Waals surface area contributed by atoms with Crippen molar-refractivity contribution in [1.82, 2.24) is 20.2 Å². The van der Waals surface area contributed by atoms with E-state index in [0.29, 0.717) is 71.8 Å². The van der Waals surface area contributed by atoms with Gasteiger partial charge in [0.15, 0.2) is 0 Å². The van der Waals surface area contributed by atoms with E-state index in [0.717, 1.165) is 18.4 Å². The summed E-state index contributed by atoms with van der Waals surface area (Å²) in [4.78, 5) is 48.4. The topological polar surface area (TPSA) is 128 Å². The van der Waals surface area contributed by atoms with Gasteiger partial charge in [-0.1, -0.05) is 31.1 Å². The number of amides is 4. The number of aromatic nitrogens is 2. The molecule has 4 N–H and O–H groups in total. The normalized spacial score (nSPS) is 23.3. The highest BCUT2D eigenvalue weighted by atomic mass is 19.1. The van der Waals surface area contributed by atoms with E-state index in [1.165, 1.54) is 7.11 Å². The van der Waals surface area contributed by atoms with Crippen LogP contribution >= 0.6 is 0 Å². The lowest BCUT2D eigenvalue weighted by molar-refractivity contribution is -0.119. The number of benzene rings is 1. The van der Waals surface area contributed by atoms with Gasteiger partial charge in [0, 0.05) is 29.3 Å². The van der Waals surface area contributed by atoms with Crippen molar-refractivity contribution >= 4 is 29.4 Å². The number of nitrogens with one attached hydrogen (secondary N) is 4. The monoisotopic (exact) mass is 590 g/mol. The predicted molar refractivity (Wildman–Crippen MR) is 163 cm³/mol. The number of imidazole rings is 1. The summed E-state index contributed by atoms with van der Waals surface area (Å²) in [5.41, 5.74) is 4.45. The van der Waals surface area contributed by atoms with Gasteiger partial charge in [-0.15, -0.1) is 0 Å². The fraction of sp³-hybridized carbons (Fsp3) is 0.438. The number of H-pyrrole nitrogens is 1. The molecule has 1 saturated heterocycles. The molecule has 1 fully saturated rings. The molecule has 2 aliphatic heterocycles. The molecule has 43 heavy (non-hydrogen) atoms. The molecule has 0 spiro atoms. The van der Waals surface area contributed by atoms with Crippen LogP contribution in [0.4, 0.5) is 25.4 Å². The van der Waals surface area contributed by atoms with Crippen LogP contribution in [-0.2, 0) is 9.53 Å². The van der Waals surface area contributed by atoms with E-state index in [1.54, 1.807) is 36.2 Å². The third-order valence-corrected chi connectivity index (χ3v) is 8.51. The van der Waals surface area contributed by atoms with E-state index < -0.39 is 12.1 Å². The Balaban J connectivity index is 1.44. The number of fused-ring (bicyclic) bond motifs is 4. The van der Waals surface area contributed by atoms with Gasteiger partial charge in [-0.3, -0.25) is 10.1 Å². The minimum atomic E-state index is -0.617. The Morgan fingerprint density at radius 1 is 1.19 bits per heavy atom. The molecule has 10 nitrogen and oxygen atoms in total. The van der Waals surface area contributed by atoms with Crippen LogP contribution in [0.2, 0.25) is 0 Å². The molecule has 3 heterocycles. The van der Waals surface area contributed by atoms with E-state index in [1.807, 2.05) is 26.0 Å². The number of hydrogen-bond donors (Lipinski definition) is 4. The number of methoxy groups -OCH3 is 1. The first-order valence-corrected chi connectivity index (χ1v) is 14.8. The zero-order chi connectivity index (χ0) is 30.7. The summed E-state index contributed by atoms with van der Waals surface area (Å²) in [5, 5.41) is 8.72. The van der Waals surface area contributed by atoms with Crippen LogP contribution < -0.4 is 16.0 Å². The lowest BCUT2D eigenvalue weighted by atomic mass is 9.90. The standard InChI is InChI=1S/C32H39FN6O4/c1-18-8-5-6-9-19(2)28(33)27(18)23-14-15-39(31(41)38-23)26-11-7-10-20(3)30(40)37-24-16-21(35-32(42)43-4)12-13-22(24)25-17-34-29(26)36-25/h6,9,12-13,16-17,20,23,26H,5,7-8,10-11,14-15H2,1-4H3,(H,34,36)(H,35,42)(H,37,40)(H,38,41). The average Bonchev–Trinajstić information content (AvgIpc) is 3.46.